The van der Waals surface area contributed by atoms with Crippen LogP contribution in [-0.4, -0.2) is 61.1 Å². The van der Waals surface area contributed by atoms with E-state index >= 15 is 0 Å². The number of urea groups is 1. The van der Waals surface area contributed by atoms with Crippen LogP contribution in [0.4, 0.5) is 4.79 Å². The molecule has 0 spiro atoms. The molecule has 0 saturated carbocycles. The second kappa shape index (κ2) is 5.01. The van der Waals surface area contributed by atoms with E-state index in [0.717, 1.165) is 45.4 Å². The average molecular weight is 226 g/mol. The second-order valence-electron chi connectivity index (χ2n) is 4.82. The molecule has 2 saturated heterocycles. The summed E-state index contributed by atoms with van der Waals surface area (Å²) in [7, 11) is 1.69. The van der Waals surface area contributed by atoms with Crippen LogP contribution in [-0.2, 0) is 0 Å². The Labute approximate surface area is 96.9 Å². The molecule has 16 heavy (non-hydrogen) atoms. The third-order valence-corrected chi connectivity index (χ3v) is 3.76. The number of piperidine rings is 1. The highest BCUT2D eigenvalue weighted by Gasteiger charge is 2.31. The fourth-order valence-electron chi connectivity index (χ4n) is 2.67. The highest BCUT2D eigenvalue weighted by atomic mass is 16.2. The first-order valence-electron chi connectivity index (χ1n) is 6.17. The molecule has 2 aliphatic heterocycles. The Hall–Kier alpha value is -0.810. The average Bonchev–Trinajstić information content (AvgIpc) is 2.78. The Kier molecular flexibility index (Phi) is 3.66. The number of hydrogen-bond donors (Lipinski definition) is 2. The van der Waals surface area contributed by atoms with Gasteiger partial charge in [0, 0.05) is 32.2 Å². The smallest absolute Gasteiger partial charge is 0.317 e. The van der Waals surface area contributed by atoms with Gasteiger partial charge in [-0.15, -0.1) is 0 Å². The van der Waals surface area contributed by atoms with Crippen LogP contribution < -0.4 is 11.1 Å². The summed E-state index contributed by atoms with van der Waals surface area (Å²) in [5.74, 6) is 0. The Bertz CT molecular complexity index is 250. The van der Waals surface area contributed by atoms with E-state index in [1.807, 2.05) is 4.90 Å². The summed E-state index contributed by atoms with van der Waals surface area (Å²) >= 11 is 0. The first kappa shape index (κ1) is 11.7. The van der Waals surface area contributed by atoms with Crippen LogP contribution in [0.5, 0.6) is 0 Å². The predicted molar refractivity (Wildman–Crippen MR) is 63.2 cm³/mol. The summed E-state index contributed by atoms with van der Waals surface area (Å²) in [6, 6.07) is 0.980. The monoisotopic (exact) mass is 226 g/mol. The van der Waals surface area contributed by atoms with E-state index in [1.165, 1.54) is 0 Å². The lowest BCUT2D eigenvalue weighted by Gasteiger charge is -2.34. The van der Waals surface area contributed by atoms with Crippen molar-refractivity contribution in [2.75, 3.05) is 33.2 Å². The van der Waals surface area contributed by atoms with E-state index in [2.05, 4.69) is 10.2 Å². The zero-order valence-electron chi connectivity index (χ0n) is 9.98. The van der Waals surface area contributed by atoms with Crippen molar-refractivity contribution >= 4 is 6.03 Å². The number of likely N-dealkylation sites (tertiary alicyclic amines) is 2. The van der Waals surface area contributed by atoms with Gasteiger partial charge in [0.2, 0.25) is 0 Å². The molecule has 2 rings (SSSR count). The first-order chi connectivity index (χ1) is 7.70. The van der Waals surface area contributed by atoms with E-state index < -0.39 is 0 Å². The Morgan fingerprint density at radius 3 is 2.56 bits per heavy atom. The van der Waals surface area contributed by atoms with E-state index in [9.17, 15) is 4.79 Å². The van der Waals surface area contributed by atoms with E-state index in [4.69, 9.17) is 5.73 Å². The quantitative estimate of drug-likeness (QED) is 0.652. The van der Waals surface area contributed by atoms with Crippen molar-refractivity contribution in [3.8, 4) is 0 Å². The van der Waals surface area contributed by atoms with Crippen molar-refractivity contribution in [3.63, 3.8) is 0 Å². The molecule has 5 heteroatoms. The fraction of sp³-hybridized carbons (Fsp3) is 0.909. The number of carbonyl (C=O) groups excluding carboxylic acids is 1. The van der Waals surface area contributed by atoms with Crippen molar-refractivity contribution < 1.29 is 4.79 Å². The Morgan fingerprint density at radius 1 is 1.25 bits per heavy atom. The van der Waals surface area contributed by atoms with Crippen LogP contribution in [0.25, 0.3) is 0 Å². The normalized spacial score (nSPS) is 28.4. The van der Waals surface area contributed by atoms with Gasteiger partial charge in [-0.1, -0.05) is 0 Å². The lowest BCUT2D eigenvalue weighted by atomic mass is 10.0. The van der Waals surface area contributed by atoms with Crippen LogP contribution in [0, 0.1) is 0 Å². The van der Waals surface area contributed by atoms with Crippen LogP contribution in [0.1, 0.15) is 19.3 Å². The number of carbonyl (C=O) groups is 1. The minimum absolute atomic E-state index is 0.0520. The molecule has 1 atom stereocenters. The highest BCUT2D eigenvalue weighted by Crippen LogP contribution is 2.19. The highest BCUT2D eigenvalue weighted by molar-refractivity contribution is 5.74. The third kappa shape index (κ3) is 2.47. The van der Waals surface area contributed by atoms with Crippen molar-refractivity contribution in [2.24, 2.45) is 5.73 Å². The molecule has 0 radical (unpaired) electrons. The van der Waals surface area contributed by atoms with Gasteiger partial charge in [0.25, 0.3) is 0 Å². The number of nitrogens with zero attached hydrogens (tertiary/aromatic N) is 2. The molecule has 3 N–H and O–H groups in total. The van der Waals surface area contributed by atoms with Gasteiger partial charge >= 0.3 is 6.03 Å². The first-order valence-corrected chi connectivity index (χ1v) is 6.17. The molecule has 2 fully saturated rings. The summed E-state index contributed by atoms with van der Waals surface area (Å²) < 4.78 is 0. The fourth-order valence-corrected chi connectivity index (χ4v) is 2.67. The van der Waals surface area contributed by atoms with Crippen molar-refractivity contribution in [2.45, 2.75) is 31.3 Å². The molecule has 92 valence electrons. The molecular weight excluding hydrogens is 204 g/mol. The number of hydrogen-bond acceptors (Lipinski definition) is 3. The molecule has 0 aromatic heterocycles. The number of nitrogens with one attached hydrogen (secondary N) is 1. The minimum Gasteiger partial charge on any atom is -0.341 e. The summed E-state index contributed by atoms with van der Waals surface area (Å²) in [4.78, 5) is 15.9. The second-order valence-corrected chi connectivity index (χ2v) is 4.82. The molecule has 2 aliphatic rings. The SMILES string of the molecule is CNC(=O)N1CCC(N2CCC(N)CC2)C1. The van der Waals surface area contributed by atoms with Crippen LogP contribution in [0.15, 0.2) is 0 Å². The van der Waals surface area contributed by atoms with Crippen molar-refractivity contribution in [3.05, 3.63) is 0 Å². The molecular formula is C11H22N4O. The van der Waals surface area contributed by atoms with Gasteiger partial charge < -0.3 is 16.0 Å². The summed E-state index contributed by atoms with van der Waals surface area (Å²) in [5.41, 5.74) is 5.89. The van der Waals surface area contributed by atoms with Crippen LogP contribution in [0.3, 0.4) is 0 Å². The van der Waals surface area contributed by atoms with Gasteiger partial charge in [-0.05, 0) is 32.4 Å². The van der Waals surface area contributed by atoms with E-state index in [1.54, 1.807) is 7.05 Å². The zero-order valence-corrected chi connectivity index (χ0v) is 9.98. The van der Waals surface area contributed by atoms with Gasteiger partial charge in [-0.25, -0.2) is 4.79 Å². The van der Waals surface area contributed by atoms with Crippen LogP contribution in [0.2, 0.25) is 0 Å². The van der Waals surface area contributed by atoms with E-state index in [0.29, 0.717) is 12.1 Å². The maximum absolute atomic E-state index is 11.5. The standard InChI is InChI=1S/C11H22N4O/c1-13-11(16)15-7-4-10(8-15)14-5-2-9(12)3-6-14/h9-10H,2-8,12H2,1H3,(H,13,16). The van der Waals surface area contributed by atoms with E-state index in [-0.39, 0.29) is 6.03 Å². The number of amides is 2. The van der Waals surface area contributed by atoms with Gasteiger partial charge in [-0.3, -0.25) is 4.90 Å². The Morgan fingerprint density at radius 2 is 1.94 bits per heavy atom. The van der Waals surface area contributed by atoms with Crippen LogP contribution >= 0.6 is 0 Å². The molecule has 0 aromatic carbocycles. The van der Waals surface area contributed by atoms with Gasteiger partial charge in [0.05, 0.1) is 0 Å². The predicted octanol–water partition coefficient (Wildman–Crippen LogP) is -0.177. The lowest BCUT2D eigenvalue weighted by Crippen LogP contribution is -2.47. The number of rotatable bonds is 1. The van der Waals surface area contributed by atoms with Gasteiger partial charge in [0.15, 0.2) is 0 Å². The summed E-state index contributed by atoms with van der Waals surface area (Å²) in [5, 5.41) is 2.69. The van der Waals surface area contributed by atoms with Crippen molar-refractivity contribution in [1.82, 2.24) is 15.1 Å². The minimum atomic E-state index is 0.0520. The molecule has 5 nitrogen and oxygen atoms in total. The third-order valence-electron chi connectivity index (χ3n) is 3.76. The molecule has 0 aromatic rings. The van der Waals surface area contributed by atoms with Crippen molar-refractivity contribution in [1.29, 1.82) is 0 Å². The molecule has 0 bridgehead atoms. The molecule has 2 amide bonds. The summed E-state index contributed by atoms with van der Waals surface area (Å²) in [6.07, 6.45) is 3.29. The zero-order chi connectivity index (χ0) is 11.5. The van der Waals surface area contributed by atoms with Gasteiger partial charge in [0.1, 0.15) is 0 Å². The lowest BCUT2D eigenvalue weighted by molar-refractivity contribution is 0.153. The topological polar surface area (TPSA) is 61.6 Å². The maximum Gasteiger partial charge on any atom is 0.317 e. The largest absolute Gasteiger partial charge is 0.341 e. The molecule has 1 unspecified atom stereocenters. The Balaban J connectivity index is 1.82. The maximum atomic E-state index is 11.5. The molecule has 2 heterocycles. The van der Waals surface area contributed by atoms with Gasteiger partial charge in [-0.2, -0.15) is 0 Å². The number of nitrogens with two attached hydrogens (primary N) is 1. The summed E-state index contributed by atoms with van der Waals surface area (Å²) in [6.45, 7) is 3.93. The molecule has 0 aliphatic carbocycles.